The second-order valence-corrected chi connectivity index (χ2v) is 11.7. The number of nitrogens with zero attached hydrogens (tertiary/aromatic N) is 2. The first kappa shape index (κ1) is 30.5. The van der Waals surface area contributed by atoms with Crippen LogP contribution in [0.25, 0.3) is 0 Å². The van der Waals surface area contributed by atoms with Crippen LogP contribution < -0.4 is 9.62 Å². The summed E-state index contributed by atoms with van der Waals surface area (Å²) in [6.45, 7) is 5.46. The number of anilines is 1. The number of hydrogen-bond donors (Lipinski definition) is 1. The van der Waals surface area contributed by atoms with Gasteiger partial charge in [0.1, 0.15) is 12.6 Å². The highest BCUT2D eigenvalue weighted by atomic mass is 35.5. The van der Waals surface area contributed by atoms with E-state index in [1.807, 2.05) is 26.0 Å². The highest BCUT2D eigenvalue weighted by Gasteiger charge is 2.33. The van der Waals surface area contributed by atoms with Crippen LogP contribution in [0.15, 0.2) is 77.7 Å². The van der Waals surface area contributed by atoms with Gasteiger partial charge in [0.15, 0.2) is 0 Å². The fraction of sp³-hybridized carbons (Fsp3) is 0.310. The van der Waals surface area contributed by atoms with Gasteiger partial charge in [0.2, 0.25) is 11.8 Å². The van der Waals surface area contributed by atoms with Crippen LogP contribution in [-0.2, 0) is 32.6 Å². The van der Waals surface area contributed by atoms with Gasteiger partial charge in [-0.15, -0.1) is 0 Å². The molecule has 3 rings (SSSR count). The molecule has 1 atom stereocenters. The normalized spacial score (nSPS) is 12.0. The Balaban J connectivity index is 2.05. The Morgan fingerprint density at radius 1 is 0.923 bits per heavy atom. The standard InChI is InChI=1S/C29H33Cl2N3O4S/c1-4-17-32-29(36)21(3)33(19-22-15-16-25(30)26(31)18-22)28(35)20-34(27-14-10-9-11-23(27)5-2)39(37,38)24-12-7-6-8-13-24/h6-16,18,21H,4-5,17,19-20H2,1-3H3,(H,32,36)/t21-/m0/s1. The van der Waals surface area contributed by atoms with Crippen LogP contribution in [0.3, 0.4) is 0 Å². The third kappa shape index (κ3) is 7.53. The fourth-order valence-electron chi connectivity index (χ4n) is 4.10. The van der Waals surface area contributed by atoms with E-state index in [1.54, 1.807) is 55.5 Å². The number of halogens is 2. The topological polar surface area (TPSA) is 86.8 Å². The summed E-state index contributed by atoms with van der Waals surface area (Å²) in [5, 5.41) is 3.50. The van der Waals surface area contributed by atoms with Gasteiger partial charge in [-0.1, -0.05) is 79.5 Å². The molecule has 0 saturated heterocycles. The first-order valence-electron chi connectivity index (χ1n) is 12.8. The molecule has 7 nitrogen and oxygen atoms in total. The van der Waals surface area contributed by atoms with E-state index >= 15 is 0 Å². The average Bonchev–Trinajstić information content (AvgIpc) is 2.95. The molecule has 0 spiro atoms. The molecule has 0 fully saturated rings. The number of amides is 2. The van der Waals surface area contributed by atoms with Crippen LogP contribution in [0.1, 0.15) is 38.3 Å². The summed E-state index contributed by atoms with van der Waals surface area (Å²) in [7, 11) is -4.11. The van der Waals surface area contributed by atoms with Crippen LogP contribution in [0.4, 0.5) is 5.69 Å². The fourth-order valence-corrected chi connectivity index (χ4v) is 5.89. The molecule has 0 heterocycles. The minimum Gasteiger partial charge on any atom is -0.354 e. The minimum absolute atomic E-state index is 0.0328. The molecule has 10 heteroatoms. The van der Waals surface area contributed by atoms with Gasteiger partial charge in [-0.25, -0.2) is 8.42 Å². The van der Waals surface area contributed by atoms with Gasteiger partial charge in [0, 0.05) is 13.1 Å². The lowest BCUT2D eigenvalue weighted by Gasteiger charge is -2.32. The molecule has 0 bridgehead atoms. The quantitative estimate of drug-likeness (QED) is 0.294. The molecular weight excluding hydrogens is 557 g/mol. The average molecular weight is 591 g/mol. The summed E-state index contributed by atoms with van der Waals surface area (Å²) in [6.07, 6.45) is 1.30. The highest BCUT2D eigenvalue weighted by Crippen LogP contribution is 2.29. The SMILES string of the molecule is CCCNC(=O)[C@H](C)N(Cc1ccc(Cl)c(Cl)c1)C(=O)CN(c1ccccc1CC)S(=O)(=O)c1ccccc1. The lowest BCUT2D eigenvalue weighted by molar-refractivity contribution is -0.139. The van der Waals surface area contributed by atoms with Crippen LogP contribution >= 0.6 is 23.2 Å². The number of carbonyl (C=O) groups is 2. The molecule has 2 amide bonds. The van der Waals surface area contributed by atoms with E-state index in [9.17, 15) is 18.0 Å². The lowest BCUT2D eigenvalue weighted by Crippen LogP contribution is -2.51. The third-order valence-electron chi connectivity index (χ3n) is 6.30. The Labute approximate surface area is 240 Å². The zero-order valence-corrected chi connectivity index (χ0v) is 24.6. The number of nitrogens with one attached hydrogen (secondary N) is 1. The second-order valence-electron chi connectivity index (χ2n) is 9.04. The Morgan fingerprint density at radius 3 is 2.23 bits per heavy atom. The first-order chi connectivity index (χ1) is 18.6. The van der Waals surface area contributed by atoms with Gasteiger partial charge < -0.3 is 10.2 Å². The number of benzene rings is 3. The number of carbonyl (C=O) groups excluding carboxylic acids is 2. The minimum atomic E-state index is -4.11. The number of para-hydroxylation sites is 1. The maximum atomic E-state index is 14.0. The van der Waals surface area contributed by atoms with E-state index in [0.717, 1.165) is 16.3 Å². The van der Waals surface area contributed by atoms with Crippen LogP contribution in [0.2, 0.25) is 10.0 Å². The molecule has 0 aliphatic rings. The van der Waals surface area contributed by atoms with Crippen molar-refractivity contribution in [2.75, 3.05) is 17.4 Å². The van der Waals surface area contributed by atoms with Gasteiger partial charge in [0.05, 0.1) is 20.6 Å². The molecule has 0 aromatic heterocycles. The molecule has 0 unspecified atom stereocenters. The van der Waals surface area contributed by atoms with Gasteiger partial charge in [0.25, 0.3) is 10.0 Å². The van der Waals surface area contributed by atoms with Crippen LogP contribution in [-0.4, -0.2) is 44.3 Å². The van der Waals surface area contributed by atoms with Gasteiger partial charge in [-0.3, -0.25) is 13.9 Å². The molecule has 0 aliphatic heterocycles. The summed E-state index contributed by atoms with van der Waals surface area (Å²) in [4.78, 5) is 28.3. The van der Waals surface area contributed by atoms with Gasteiger partial charge >= 0.3 is 0 Å². The molecule has 0 aliphatic carbocycles. The van der Waals surface area contributed by atoms with E-state index in [0.29, 0.717) is 34.3 Å². The number of aryl methyl sites for hydroxylation is 1. The van der Waals surface area contributed by atoms with Crippen molar-refractivity contribution >= 4 is 50.7 Å². The number of hydrogen-bond acceptors (Lipinski definition) is 4. The summed E-state index contributed by atoms with van der Waals surface area (Å²) in [5.74, 6) is -0.873. The molecular formula is C29H33Cl2N3O4S. The molecule has 3 aromatic carbocycles. The maximum absolute atomic E-state index is 14.0. The van der Waals surface area contributed by atoms with Gasteiger partial charge in [-0.2, -0.15) is 0 Å². The smallest absolute Gasteiger partial charge is 0.264 e. The number of rotatable bonds is 12. The Bertz CT molecular complexity index is 1400. The highest BCUT2D eigenvalue weighted by molar-refractivity contribution is 7.92. The molecule has 3 aromatic rings. The van der Waals surface area contributed by atoms with Crippen molar-refractivity contribution in [3.8, 4) is 0 Å². The van der Waals surface area contributed by atoms with E-state index in [4.69, 9.17) is 23.2 Å². The monoisotopic (exact) mass is 589 g/mol. The molecule has 1 N–H and O–H groups in total. The zero-order chi connectivity index (χ0) is 28.6. The Morgan fingerprint density at radius 2 is 1.59 bits per heavy atom. The predicted octanol–water partition coefficient (Wildman–Crippen LogP) is 5.69. The van der Waals surface area contributed by atoms with Crippen molar-refractivity contribution in [1.82, 2.24) is 10.2 Å². The van der Waals surface area contributed by atoms with Crippen molar-refractivity contribution in [2.45, 2.75) is 51.1 Å². The molecule has 208 valence electrons. The summed E-state index contributed by atoms with van der Waals surface area (Å²) in [6, 6.07) is 19.2. The largest absolute Gasteiger partial charge is 0.354 e. The second kappa shape index (κ2) is 13.8. The summed E-state index contributed by atoms with van der Waals surface area (Å²) >= 11 is 12.3. The zero-order valence-electron chi connectivity index (χ0n) is 22.2. The van der Waals surface area contributed by atoms with Gasteiger partial charge in [-0.05, 0) is 61.2 Å². The first-order valence-corrected chi connectivity index (χ1v) is 15.0. The van der Waals surface area contributed by atoms with Crippen molar-refractivity contribution in [3.05, 3.63) is 94.0 Å². The molecule has 39 heavy (non-hydrogen) atoms. The van der Waals surface area contributed by atoms with E-state index in [2.05, 4.69) is 5.32 Å². The number of sulfonamides is 1. The third-order valence-corrected chi connectivity index (χ3v) is 8.82. The molecule has 0 saturated carbocycles. The van der Waals surface area contributed by atoms with Crippen LogP contribution in [0, 0.1) is 0 Å². The van der Waals surface area contributed by atoms with Crippen molar-refractivity contribution in [3.63, 3.8) is 0 Å². The van der Waals surface area contributed by atoms with E-state index in [1.165, 1.54) is 17.0 Å². The van der Waals surface area contributed by atoms with E-state index < -0.39 is 28.5 Å². The molecule has 0 radical (unpaired) electrons. The van der Waals surface area contributed by atoms with Crippen molar-refractivity contribution < 1.29 is 18.0 Å². The van der Waals surface area contributed by atoms with E-state index in [-0.39, 0.29) is 17.3 Å². The van der Waals surface area contributed by atoms with Crippen molar-refractivity contribution in [2.24, 2.45) is 0 Å². The summed E-state index contributed by atoms with van der Waals surface area (Å²) in [5.41, 5.74) is 1.84. The predicted molar refractivity (Wildman–Crippen MR) is 157 cm³/mol. The van der Waals surface area contributed by atoms with Crippen LogP contribution in [0.5, 0.6) is 0 Å². The Kier molecular flexibility index (Phi) is 10.8. The summed E-state index contributed by atoms with van der Waals surface area (Å²) < 4.78 is 28.9. The maximum Gasteiger partial charge on any atom is 0.264 e. The van der Waals surface area contributed by atoms with Crippen molar-refractivity contribution in [1.29, 1.82) is 0 Å². The Hall–Kier alpha value is -3.07. The lowest BCUT2D eigenvalue weighted by atomic mass is 10.1.